The summed E-state index contributed by atoms with van der Waals surface area (Å²) < 4.78 is 31.3. The molecule has 0 bridgehead atoms. The fourth-order valence-electron chi connectivity index (χ4n) is 2.50. The van der Waals surface area contributed by atoms with Crippen molar-refractivity contribution in [1.29, 1.82) is 0 Å². The minimum Gasteiger partial charge on any atom is -0.496 e. The van der Waals surface area contributed by atoms with E-state index in [1.54, 1.807) is 7.11 Å². The molecule has 132 valence electrons. The van der Waals surface area contributed by atoms with Crippen LogP contribution in [0.1, 0.15) is 51.2 Å². The molecule has 2 aromatic rings. The van der Waals surface area contributed by atoms with Crippen LogP contribution in [-0.2, 0) is 6.42 Å². The van der Waals surface area contributed by atoms with Crippen molar-refractivity contribution in [3.05, 3.63) is 65.2 Å². The average molecular weight is 334 g/mol. The standard InChI is InChI=1S/C11H16O.C10H12F2/c1-9(2)8-10-6-4-5-7-11(10)12-3;1-3-7(2)10-8(11)5-4-6-9(10)12/h4-7,9H,8H2,1-3H3;4-7H,3H2,1-2H3. The fourth-order valence-corrected chi connectivity index (χ4v) is 2.50. The molecular formula is C21H28F2O. The number of ether oxygens (including phenoxy) is 1. The zero-order chi connectivity index (χ0) is 18.1. The van der Waals surface area contributed by atoms with Crippen LogP contribution in [0, 0.1) is 17.6 Å². The van der Waals surface area contributed by atoms with Gasteiger partial charge in [-0.1, -0.05) is 52.0 Å². The largest absolute Gasteiger partial charge is 0.496 e. The van der Waals surface area contributed by atoms with Gasteiger partial charge in [0.2, 0.25) is 0 Å². The Morgan fingerprint density at radius 1 is 0.917 bits per heavy atom. The fraction of sp³-hybridized carbons (Fsp3) is 0.429. The summed E-state index contributed by atoms with van der Waals surface area (Å²) in [5.74, 6) is 0.757. The molecule has 3 heteroatoms. The molecule has 2 aromatic carbocycles. The minimum absolute atomic E-state index is 0.0498. The van der Waals surface area contributed by atoms with Crippen molar-refractivity contribution in [3.8, 4) is 5.75 Å². The number of rotatable bonds is 5. The van der Waals surface area contributed by atoms with Gasteiger partial charge in [0.1, 0.15) is 17.4 Å². The van der Waals surface area contributed by atoms with E-state index < -0.39 is 11.6 Å². The number of halogens is 2. The van der Waals surface area contributed by atoms with Crippen LogP contribution < -0.4 is 4.74 Å². The lowest BCUT2D eigenvalue weighted by molar-refractivity contribution is 0.407. The van der Waals surface area contributed by atoms with Crippen LogP contribution in [0.4, 0.5) is 8.78 Å². The van der Waals surface area contributed by atoms with Crippen molar-refractivity contribution in [3.63, 3.8) is 0 Å². The van der Waals surface area contributed by atoms with Gasteiger partial charge in [-0.25, -0.2) is 8.78 Å². The summed E-state index contributed by atoms with van der Waals surface area (Å²) in [4.78, 5) is 0. The van der Waals surface area contributed by atoms with E-state index in [2.05, 4.69) is 26.0 Å². The van der Waals surface area contributed by atoms with E-state index in [9.17, 15) is 8.78 Å². The smallest absolute Gasteiger partial charge is 0.129 e. The average Bonchev–Trinajstić information content (AvgIpc) is 2.55. The number of para-hydroxylation sites is 1. The predicted octanol–water partition coefficient (Wildman–Crippen LogP) is 6.37. The first-order chi connectivity index (χ1) is 11.4. The van der Waals surface area contributed by atoms with Gasteiger partial charge in [0.15, 0.2) is 0 Å². The van der Waals surface area contributed by atoms with Crippen LogP contribution in [0.3, 0.4) is 0 Å². The molecule has 0 saturated carbocycles. The highest BCUT2D eigenvalue weighted by molar-refractivity contribution is 5.33. The molecule has 2 rings (SSSR count). The van der Waals surface area contributed by atoms with Crippen molar-refractivity contribution in [2.75, 3.05) is 7.11 Å². The highest BCUT2D eigenvalue weighted by Crippen LogP contribution is 2.24. The molecule has 0 aliphatic heterocycles. The van der Waals surface area contributed by atoms with E-state index in [1.807, 2.05) is 26.0 Å². The third-order valence-corrected chi connectivity index (χ3v) is 3.93. The van der Waals surface area contributed by atoms with Crippen molar-refractivity contribution in [2.24, 2.45) is 5.92 Å². The Labute approximate surface area is 144 Å². The van der Waals surface area contributed by atoms with Gasteiger partial charge in [-0.05, 0) is 48.4 Å². The second-order valence-electron chi connectivity index (χ2n) is 6.35. The van der Waals surface area contributed by atoms with Gasteiger partial charge < -0.3 is 4.74 Å². The highest BCUT2D eigenvalue weighted by atomic mass is 19.1. The Balaban J connectivity index is 0.000000240. The molecule has 1 nitrogen and oxygen atoms in total. The summed E-state index contributed by atoms with van der Waals surface area (Å²) in [5, 5.41) is 0. The maximum atomic E-state index is 13.0. The summed E-state index contributed by atoms with van der Waals surface area (Å²) in [6, 6.07) is 12.2. The van der Waals surface area contributed by atoms with Crippen molar-refractivity contribution in [1.82, 2.24) is 0 Å². The summed E-state index contributed by atoms with van der Waals surface area (Å²) in [5.41, 5.74) is 1.51. The molecule has 0 saturated heterocycles. The molecule has 0 heterocycles. The molecule has 0 spiro atoms. The van der Waals surface area contributed by atoms with Gasteiger partial charge in [0.05, 0.1) is 7.11 Å². The molecule has 24 heavy (non-hydrogen) atoms. The Morgan fingerprint density at radius 2 is 1.50 bits per heavy atom. The van der Waals surface area contributed by atoms with E-state index in [0.717, 1.165) is 18.6 Å². The zero-order valence-electron chi connectivity index (χ0n) is 15.3. The minimum atomic E-state index is -0.440. The van der Waals surface area contributed by atoms with Gasteiger partial charge in [-0.2, -0.15) is 0 Å². The molecule has 0 amide bonds. The zero-order valence-corrected chi connectivity index (χ0v) is 15.3. The van der Waals surface area contributed by atoms with Crippen molar-refractivity contribution >= 4 is 0 Å². The highest BCUT2D eigenvalue weighted by Gasteiger charge is 2.13. The second-order valence-corrected chi connectivity index (χ2v) is 6.35. The lowest BCUT2D eigenvalue weighted by atomic mass is 9.98. The van der Waals surface area contributed by atoms with E-state index in [1.165, 1.54) is 23.8 Å². The van der Waals surface area contributed by atoms with Gasteiger partial charge in [0, 0.05) is 5.56 Å². The van der Waals surface area contributed by atoms with Crippen LogP contribution in [0.15, 0.2) is 42.5 Å². The molecular weight excluding hydrogens is 306 g/mol. The summed E-state index contributed by atoms with van der Waals surface area (Å²) in [6.07, 6.45) is 1.84. The molecule has 0 aliphatic carbocycles. The van der Waals surface area contributed by atoms with E-state index >= 15 is 0 Å². The Morgan fingerprint density at radius 3 is 2.00 bits per heavy atom. The quantitative estimate of drug-likeness (QED) is 0.617. The van der Waals surface area contributed by atoms with Crippen molar-refractivity contribution < 1.29 is 13.5 Å². The third-order valence-electron chi connectivity index (χ3n) is 3.93. The van der Waals surface area contributed by atoms with Crippen LogP contribution >= 0.6 is 0 Å². The van der Waals surface area contributed by atoms with Gasteiger partial charge in [-0.15, -0.1) is 0 Å². The molecule has 0 fully saturated rings. The molecule has 1 atom stereocenters. The van der Waals surface area contributed by atoms with E-state index in [4.69, 9.17) is 4.74 Å². The summed E-state index contributed by atoms with van der Waals surface area (Å²) in [7, 11) is 1.72. The molecule has 0 N–H and O–H groups in total. The van der Waals surface area contributed by atoms with Gasteiger partial charge in [0.25, 0.3) is 0 Å². The Hall–Kier alpha value is -1.90. The number of methoxy groups -OCH3 is 1. The summed E-state index contributed by atoms with van der Waals surface area (Å²) >= 11 is 0. The maximum Gasteiger partial charge on any atom is 0.129 e. The van der Waals surface area contributed by atoms with Gasteiger partial charge >= 0.3 is 0 Å². The Kier molecular flexibility index (Phi) is 8.45. The molecule has 1 unspecified atom stereocenters. The van der Waals surface area contributed by atoms with Crippen LogP contribution in [0.2, 0.25) is 0 Å². The first kappa shape index (κ1) is 20.1. The van der Waals surface area contributed by atoms with E-state index in [-0.39, 0.29) is 11.5 Å². The normalized spacial score (nSPS) is 11.7. The van der Waals surface area contributed by atoms with Crippen molar-refractivity contribution in [2.45, 2.75) is 46.5 Å². The summed E-state index contributed by atoms with van der Waals surface area (Å²) in [6.45, 7) is 8.16. The first-order valence-corrected chi connectivity index (χ1v) is 8.46. The molecule has 0 radical (unpaired) electrons. The SMILES string of the molecule is CCC(C)c1c(F)cccc1F.COc1ccccc1CC(C)C. The second kappa shape index (κ2) is 10.1. The molecule has 0 aliphatic rings. The van der Waals surface area contributed by atoms with Gasteiger partial charge in [-0.3, -0.25) is 0 Å². The van der Waals surface area contributed by atoms with E-state index in [0.29, 0.717) is 5.92 Å². The Bertz CT molecular complexity index is 603. The lowest BCUT2D eigenvalue weighted by Crippen LogP contribution is -1.99. The predicted molar refractivity (Wildman–Crippen MR) is 96.6 cm³/mol. The topological polar surface area (TPSA) is 9.23 Å². The van der Waals surface area contributed by atoms with Crippen LogP contribution in [0.25, 0.3) is 0 Å². The van der Waals surface area contributed by atoms with Crippen LogP contribution in [0.5, 0.6) is 5.75 Å². The third kappa shape index (κ3) is 5.95. The van der Waals surface area contributed by atoms with Crippen LogP contribution in [-0.4, -0.2) is 7.11 Å². The lowest BCUT2D eigenvalue weighted by Gasteiger charge is -2.10. The maximum absolute atomic E-state index is 13.0. The first-order valence-electron chi connectivity index (χ1n) is 8.46. The molecule has 0 aromatic heterocycles. The number of hydrogen-bond acceptors (Lipinski definition) is 1. The number of hydrogen-bond donors (Lipinski definition) is 0. The number of benzene rings is 2. The monoisotopic (exact) mass is 334 g/mol.